The van der Waals surface area contributed by atoms with Crippen LogP contribution in [0.2, 0.25) is 0 Å². The lowest BCUT2D eigenvalue weighted by atomic mass is 9.85. The molecule has 6 nitrogen and oxygen atoms in total. The largest absolute Gasteiger partial charge is 0.496 e. The van der Waals surface area contributed by atoms with Gasteiger partial charge in [-0.05, 0) is 36.8 Å². The molecule has 0 unspecified atom stereocenters. The molecule has 0 radical (unpaired) electrons. The molecule has 132 valence electrons. The summed E-state index contributed by atoms with van der Waals surface area (Å²) in [5, 5.41) is 21.1. The van der Waals surface area contributed by atoms with Crippen molar-refractivity contribution in [2.24, 2.45) is 0 Å². The van der Waals surface area contributed by atoms with E-state index in [1.807, 2.05) is 18.2 Å². The predicted molar refractivity (Wildman–Crippen MR) is 95.6 cm³/mol. The quantitative estimate of drug-likeness (QED) is 0.690. The van der Waals surface area contributed by atoms with Crippen molar-refractivity contribution < 1.29 is 19.4 Å². The Morgan fingerprint density at radius 3 is 2.62 bits per heavy atom. The van der Waals surface area contributed by atoms with Gasteiger partial charge in [0.05, 0.1) is 25.3 Å². The van der Waals surface area contributed by atoms with E-state index in [9.17, 15) is 9.90 Å². The Morgan fingerprint density at radius 2 is 2.00 bits per heavy atom. The number of aromatic amines is 1. The summed E-state index contributed by atoms with van der Waals surface area (Å²) in [6, 6.07) is 13.6. The highest BCUT2D eigenvalue weighted by Crippen LogP contribution is 2.39. The van der Waals surface area contributed by atoms with Crippen molar-refractivity contribution in [1.82, 2.24) is 4.98 Å². The summed E-state index contributed by atoms with van der Waals surface area (Å²) >= 11 is 0. The van der Waals surface area contributed by atoms with Gasteiger partial charge in [-0.1, -0.05) is 18.2 Å². The molecule has 3 aromatic rings. The molecule has 0 aliphatic heterocycles. The smallest absolute Gasteiger partial charge is 0.347 e. The minimum Gasteiger partial charge on any atom is -0.496 e. The van der Waals surface area contributed by atoms with Crippen molar-refractivity contribution in [2.45, 2.75) is 12.5 Å². The van der Waals surface area contributed by atoms with Crippen LogP contribution in [0.3, 0.4) is 0 Å². The average molecular weight is 350 g/mol. The van der Waals surface area contributed by atoms with E-state index in [0.717, 1.165) is 5.52 Å². The van der Waals surface area contributed by atoms with Crippen molar-refractivity contribution in [3.63, 3.8) is 0 Å². The second kappa shape index (κ2) is 6.90. The summed E-state index contributed by atoms with van der Waals surface area (Å²) in [6.45, 7) is 1.80. The summed E-state index contributed by atoms with van der Waals surface area (Å²) in [7, 11) is 1.52. The molecule has 26 heavy (non-hydrogen) atoms. The number of fused-ring (bicyclic) bond motifs is 1. The molecule has 6 heteroatoms. The maximum absolute atomic E-state index is 12.8. The average Bonchev–Trinajstić information content (AvgIpc) is 3.12. The monoisotopic (exact) mass is 350 g/mol. The van der Waals surface area contributed by atoms with Gasteiger partial charge in [0, 0.05) is 22.7 Å². The first-order valence-corrected chi connectivity index (χ1v) is 8.11. The van der Waals surface area contributed by atoms with Crippen LogP contribution >= 0.6 is 0 Å². The fourth-order valence-electron chi connectivity index (χ4n) is 3.01. The molecule has 0 saturated carbocycles. The minimum atomic E-state index is -2.04. The lowest BCUT2D eigenvalue weighted by molar-refractivity contribution is -0.161. The number of rotatable bonds is 5. The fourth-order valence-corrected chi connectivity index (χ4v) is 3.01. The van der Waals surface area contributed by atoms with E-state index in [1.54, 1.807) is 43.5 Å². The summed E-state index contributed by atoms with van der Waals surface area (Å²) in [5.74, 6) is -0.272. The number of nitrogens with zero attached hydrogens (tertiary/aromatic N) is 1. The lowest BCUT2D eigenvalue weighted by Crippen LogP contribution is -2.38. The van der Waals surface area contributed by atoms with Crippen LogP contribution in [0, 0.1) is 11.3 Å². The molecular weight excluding hydrogens is 332 g/mol. The van der Waals surface area contributed by atoms with Crippen LogP contribution in [0.1, 0.15) is 23.6 Å². The number of nitriles is 1. The number of hydrogen-bond donors (Lipinski definition) is 2. The summed E-state index contributed by atoms with van der Waals surface area (Å²) in [6.07, 6.45) is 1.57. The highest BCUT2D eigenvalue weighted by Gasteiger charge is 2.44. The Balaban J connectivity index is 2.28. The zero-order valence-corrected chi connectivity index (χ0v) is 14.4. The number of carbonyl (C=O) groups excluding carboxylic acids is 1. The van der Waals surface area contributed by atoms with Gasteiger partial charge in [-0.2, -0.15) is 5.26 Å². The zero-order valence-electron chi connectivity index (χ0n) is 14.4. The van der Waals surface area contributed by atoms with Gasteiger partial charge >= 0.3 is 5.97 Å². The summed E-state index contributed by atoms with van der Waals surface area (Å²) in [5.41, 5.74) is -0.265. The number of carbonyl (C=O) groups is 1. The molecule has 0 aliphatic carbocycles. The van der Waals surface area contributed by atoms with E-state index in [2.05, 4.69) is 4.98 Å². The first kappa shape index (κ1) is 17.5. The molecule has 0 amide bonds. The number of aliphatic hydroxyl groups is 1. The first-order valence-electron chi connectivity index (χ1n) is 8.11. The summed E-state index contributed by atoms with van der Waals surface area (Å²) in [4.78, 5) is 15.8. The molecule has 1 heterocycles. The van der Waals surface area contributed by atoms with Crippen LogP contribution in [-0.4, -0.2) is 29.8 Å². The normalized spacial score (nSPS) is 13.0. The topological polar surface area (TPSA) is 95.3 Å². The Morgan fingerprint density at radius 1 is 1.27 bits per heavy atom. The molecule has 0 saturated heterocycles. The number of methoxy groups -OCH3 is 1. The van der Waals surface area contributed by atoms with E-state index < -0.39 is 11.6 Å². The molecule has 0 fully saturated rings. The lowest BCUT2D eigenvalue weighted by Gasteiger charge is -2.26. The van der Waals surface area contributed by atoms with Gasteiger partial charge < -0.3 is 19.6 Å². The fraction of sp³-hybridized carbons (Fsp3) is 0.200. The number of H-pyrrole nitrogens is 1. The van der Waals surface area contributed by atoms with Crippen LogP contribution in [-0.2, 0) is 15.1 Å². The zero-order chi connectivity index (χ0) is 18.7. The first-order chi connectivity index (χ1) is 12.6. The van der Waals surface area contributed by atoms with Gasteiger partial charge in [0.25, 0.3) is 0 Å². The van der Waals surface area contributed by atoms with Crippen LogP contribution in [0.4, 0.5) is 0 Å². The molecule has 3 rings (SSSR count). The van der Waals surface area contributed by atoms with Crippen LogP contribution < -0.4 is 4.74 Å². The maximum atomic E-state index is 12.8. The van der Waals surface area contributed by atoms with E-state index >= 15 is 0 Å². The van der Waals surface area contributed by atoms with Crippen molar-refractivity contribution in [3.05, 3.63) is 65.4 Å². The SMILES string of the molecule is CCOC(=O)[C@@](O)(c1ccc(C#N)cc1)c1c[nH]c2cccc(OC)c12. The second-order valence-electron chi connectivity index (χ2n) is 5.71. The number of hydrogen-bond acceptors (Lipinski definition) is 5. The molecule has 1 atom stereocenters. The van der Waals surface area contributed by atoms with Gasteiger partial charge in [0.15, 0.2) is 0 Å². The van der Waals surface area contributed by atoms with Gasteiger partial charge in [-0.25, -0.2) is 4.79 Å². The maximum Gasteiger partial charge on any atom is 0.347 e. The number of ether oxygens (including phenoxy) is 2. The second-order valence-corrected chi connectivity index (χ2v) is 5.71. The highest BCUT2D eigenvalue weighted by molar-refractivity contribution is 5.97. The van der Waals surface area contributed by atoms with E-state index in [0.29, 0.717) is 27.8 Å². The van der Waals surface area contributed by atoms with Gasteiger partial charge in [0.1, 0.15) is 5.75 Å². The standard InChI is InChI=1S/C20H18N2O4/c1-3-26-19(23)20(24,14-9-7-13(11-21)8-10-14)15-12-22-16-5-4-6-17(25-2)18(15)16/h4-10,12,22,24H,3H2,1-2H3/t20-/m1/s1. The third-order valence-corrected chi connectivity index (χ3v) is 4.28. The Hall–Kier alpha value is -3.30. The molecule has 0 bridgehead atoms. The van der Waals surface area contributed by atoms with E-state index in [-0.39, 0.29) is 6.61 Å². The molecule has 2 N–H and O–H groups in total. The van der Waals surface area contributed by atoms with Crippen LogP contribution in [0.5, 0.6) is 5.75 Å². The Bertz CT molecular complexity index is 985. The predicted octanol–water partition coefficient (Wildman–Crippen LogP) is 2.85. The van der Waals surface area contributed by atoms with Crippen molar-refractivity contribution in [2.75, 3.05) is 13.7 Å². The van der Waals surface area contributed by atoms with E-state index in [1.165, 1.54) is 7.11 Å². The summed E-state index contributed by atoms with van der Waals surface area (Å²) < 4.78 is 10.6. The van der Waals surface area contributed by atoms with Crippen LogP contribution in [0.15, 0.2) is 48.7 Å². The number of esters is 1. The number of benzene rings is 2. The van der Waals surface area contributed by atoms with Gasteiger partial charge in [-0.3, -0.25) is 0 Å². The van der Waals surface area contributed by atoms with Crippen LogP contribution in [0.25, 0.3) is 10.9 Å². The number of nitrogens with one attached hydrogen (secondary N) is 1. The molecular formula is C20H18N2O4. The highest BCUT2D eigenvalue weighted by atomic mass is 16.5. The minimum absolute atomic E-state index is 0.122. The van der Waals surface area contributed by atoms with E-state index in [4.69, 9.17) is 14.7 Å². The molecule has 1 aromatic heterocycles. The van der Waals surface area contributed by atoms with Gasteiger partial charge in [0.2, 0.25) is 5.60 Å². The third kappa shape index (κ3) is 2.68. The Kier molecular flexibility index (Phi) is 4.65. The van der Waals surface area contributed by atoms with Crippen molar-refractivity contribution in [3.8, 4) is 11.8 Å². The molecule has 0 spiro atoms. The van der Waals surface area contributed by atoms with Gasteiger partial charge in [-0.15, -0.1) is 0 Å². The number of aromatic nitrogens is 1. The Labute approximate surface area is 150 Å². The van der Waals surface area contributed by atoms with Crippen molar-refractivity contribution in [1.29, 1.82) is 5.26 Å². The third-order valence-electron chi connectivity index (χ3n) is 4.28. The van der Waals surface area contributed by atoms with Crippen molar-refractivity contribution >= 4 is 16.9 Å². The molecule has 2 aromatic carbocycles. The molecule has 0 aliphatic rings.